The summed E-state index contributed by atoms with van der Waals surface area (Å²) in [6, 6.07) is 2.40. The highest BCUT2D eigenvalue weighted by Crippen LogP contribution is 2.34. The molecule has 82 valence electrons. The fourth-order valence-electron chi connectivity index (χ4n) is 1.83. The first-order chi connectivity index (χ1) is 7.16. The van der Waals surface area contributed by atoms with E-state index in [4.69, 9.17) is 5.73 Å². The summed E-state index contributed by atoms with van der Waals surface area (Å²) in [5, 5.41) is 3.39. The number of rotatable bonds is 4. The Bertz CT molecular complexity index is 345. The molecule has 1 aliphatic rings. The van der Waals surface area contributed by atoms with Crippen LogP contribution in [0.25, 0.3) is 0 Å². The highest BCUT2D eigenvalue weighted by Gasteiger charge is 2.23. The Hall–Kier alpha value is -1.25. The average Bonchev–Trinajstić information content (AvgIpc) is 2.97. The van der Waals surface area contributed by atoms with Crippen LogP contribution in [0.3, 0.4) is 0 Å². The molecule has 1 heterocycles. The van der Waals surface area contributed by atoms with Gasteiger partial charge in [0.25, 0.3) is 0 Å². The van der Waals surface area contributed by atoms with Crippen molar-refractivity contribution >= 4 is 11.5 Å². The van der Waals surface area contributed by atoms with Crippen LogP contribution in [-0.2, 0) is 0 Å². The van der Waals surface area contributed by atoms with E-state index in [1.54, 1.807) is 6.20 Å². The predicted octanol–water partition coefficient (Wildman–Crippen LogP) is 2.57. The molecule has 0 bridgehead atoms. The summed E-state index contributed by atoms with van der Waals surface area (Å²) >= 11 is 0. The van der Waals surface area contributed by atoms with Crippen molar-refractivity contribution in [3.8, 4) is 0 Å². The molecule has 0 aromatic carbocycles. The van der Waals surface area contributed by atoms with Gasteiger partial charge in [-0.2, -0.15) is 0 Å². The first-order valence-electron chi connectivity index (χ1n) is 5.64. The van der Waals surface area contributed by atoms with Gasteiger partial charge in [0.15, 0.2) is 0 Å². The molecular formula is C12H19N3. The van der Waals surface area contributed by atoms with E-state index in [1.165, 1.54) is 19.3 Å². The van der Waals surface area contributed by atoms with Crippen LogP contribution in [0, 0.1) is 12.8 Å². The van der Waals surface area contributed by atoms with Gasteiger partial charge in [-0.05, 0) is 37.8 Å². The van der Waals surface area contributed by atoms with Crippen molar-refractivity contribution in [2.75, 3.05) is 11.1 Å². The lowest BCUT2D eigenvalue weighted by atomic mass is 10.1. The minimum absolute atomic E-state index is 0.467. The second-order valence-electron chi connectivity index (χ2n) is 4.61. The molecule has 2 rings (SSSR count). The summed E-state index contributed by atoms with van der Waals surface area (Å²) in [7, 11) is 0. The van der Waals surface area contributed by atoms with E-state index in [0.717, 1.165) is 23.0 Å². The van der Waals surface area contributed by atoms with Gasteiger partial charge in [0.2, 0.25) is 0 Å². The molecule has 0 amide bonds. The molecule has 0 spiro atoms. The lowest BCUT2D eigenvalue weighted by molar-refractivity contribution is 0.640. The number of hydrogen-bond donors (Lipinski definition) is 2. The fourth-order valence-corrected chi connectivity index (χ4v) is 1.83. The van der Waals surface area contributed by atoms with Crippen LogP contribution in [-0.4, -0.2) is 11.0 Å². The molecule has 1 aromatic rings. The summed E-state index contributed by atoms with van der Waals surface area (Å²) in [4.78, 5) is 4.27. The zero-order chi connectivity index (χ0) is 10.8. The third-order valence-corrected chi connectivity index (χ3v) is 2.98. The van der Waals surface area contributed by atoms with Crippen molar-refractivity contribution in [1.82, 2.24) is 4.98 Å². The first kappa shape index (κ1) is 10.3. The Kier molecular flexibility index (Phi) is 2.80. The van der Waals surface area contributed by atoms with E-state index in [-0.39, 0.29) is 0 Å². The number of pyridine rings is 1. The van der Waals surface area contributed by atoms with Crippen molar-refractivity contribution < 1.29 is 0 Å². The molecule has 1 atom stereocenters. The number of aryl methyl sites for hydroxylation is 1. The van der Waals surface area contributed by atoms with Gasteiger partial charge >= 0.3 is 0 Å². The number of aromatic nitrogens is 1. The zero-order valence-electron chi connectivity index (χ0n) is 9.46. The number of nitrogen functional groups attached to an aromatic ring is 1. The Balaban J connectivity index is 1.99. The van der Waals surface area contributed by atoms with Crippen LogP contribution in [0.1, 0.15) is 31.7 Å². The number of hydrogen-bond acceptors (Lipinski definition) is 3. The van der Waals surface area contributed by atoms with Gasteiger partial charge in [-0.25, -0.2) is 4.98 Å². The molecule has 3 heteroatoms. The second kappa shape index (κ2) is 4.09. The molecule has 3 nitrogen and oxygen atoms in total. The molecule has 0 radical (unpaired) electrons. The smallest absolute Gasteiger partial charge is 0.149 e. The highest BCUT2D eigenvalue weighted by atomic mass is 15.0. The van der Waals surface area contributed by atoms with Gasteiger partial charge in [-0.15, -0.1) is 0 Å². The summed E-state index contributed by atoms with van der Waals surface area (Å²) in [5.74, 6) is 1.77. The largest absolute Gasteiger partial charge is 0.396 e. The number of nitrogens with one attached hydrogen (secondary N) is 1. The van der Waals surface area contributed by atoms with Crippen LogP contribution < -0.4 is 11.1 Å². The van der Waals surface area contributed by atoms with E-state index in [2.05, 4.69) is 17.2 Å². The molecular weight excluding hydrogens is 186 g/mol. The molecule has 1 saturated carbocycles. The van der Waals surface area contributed by atoms with Crippen molar-refractivity contribution in [2.45, 2.75) is 39.2 Å². The zero-order valence-corrected chi connectivity index (χ0v) is 9.46. The highest BCUT2D eigenvalue weighted by molar-refractivity contribution is 5.65. The monoisotopic (exact) mass is 205 g/mol. The Morgan fingerprint density at radius 2 is 2.33 bits per heavy atom. The second-order valence-corrected chi connectivity index (χ2v) is 4.61. The Morgan fingerprint density at radius 1 is 1.60 bits per heavy atom. The average molecular weight is 205 g/mol. The number of nitrogens with two attached hydrogens (primary N) is 1. The molecule has 0 aliphatic heterocycles. The van der Waals surface area contributed by atoms with E-state index >= 15 is 0 Å². The topological polar surface area (TPSA) is 50.9 Å². The van der Waals surface area contributed by atoms with Crippen molar-refractivity contribution in [1.29, 1.82) is 0 Å². The van der Waals surface area contributed by atoms with Gasteiger partial charge < -0.3 is 11.1 Å². The molecule has 1 fully saturated rings. The van der Waals surface area contributed by atoms with Gasteiger partial charge in [-0.3, -0.25) is 0 Å². The minimum Gasteiger partial charge on any atom is -0.396 e. The molecule has 1 aromatic heterocycles. The van der Waals surface area contributed by atoms with Gasteiger partial charge in [-0.1, -0.05) is 12.8 Å². The van der Waals surface area contributed by atoms with E-state index in [9.17, 15) is 0 Å². The van der Waals surface area contributed by atoms with Gasteiger partial charge in [0.1, 0.15) is 5.82 Å². The third kappa shape index (κ3) is 2.61. The van der Waals surface area contributed by atoms with E-state index in [0.29, 0.717) is 6.04 Å². The Labute approximate surface area is 91.1 Å². The molecule has 3 N–H and O–H groups in total. The van der Waals surface area contributed by atoms with Crippen molar-refractivity contribution in [3.05, 3.63) is 17.8 Å². The van der Waals surface area contributed by atoms with Crippen LogP contribution >= 0.6 is 0 Å². The summed E-state index contributed by atoms with van der Waals surface area (Å²) in [6.45, 7) is 4.20. The van der Waals surface area contributed by atoms with Gasteiger partial charge in [0, 0.05) is 12.2 Å². The van der Waals surface area contributed by atoms with Crippen molar-refractivity contribution in [2.24, 2.45) is 5.92 Å². The lowest BCUT2D eigenvalue weighted by Gasteiger charge is -2.16. The predicted molar refractivity (Wildman–Crippen MR) is 63.8 cm³/mol. The minimum atomic E-state index is 0.467. The van der Waals surface area contributed by atoms with Crippen LogP contribution in [0.4, 0.5) is 11.5 Å². The standard InChI is InChI=1S/C12H19N3/c1-8-5-6-14-12(11(8)13)15-9(2)7-10-3-4-10/h5-6,9-10H,3-4,7,13H2,1-2H3,(H,14,15). The summed E-state index contributed by atoms with van der Waals surface area (Å²) in [5.41, 5.74) is 7.82. The van der Waals surface area contributed by atoms with E-state index < -0.39 is 0 Å². The molecule has 1 unspecified atom stereocenters. The quantitative estimate of drug-likeness (QED) is 0.794. The van der Waals surface area contributed by atoms with Crippen LogP contribution in [0.15, 0.2) is 12.3 Å². The lowest BCUT2D eigenvalue weighted by Crippen LogP contribution is -2.18. The third-order valence-electron chi connectivity index (χ3n) is 2.98. The summed E-state index contributed by atoms with van der Waals surface area (Å²) in [6.07, 6.45) is 5.82. The van der Waals surface area contributed by atoms with Crippen molar-refractivity contribution in [3.63, 3.8) is 0 Å². The van der Waals surface area contributed by atoms with Crippen LogP contribution in [0.5, 0.6) is 0 Å². The number of nitrogens with zero attached hydrogens (tertiary/aromatic N) is 1. The maximum absolute atomic E-state index is 5.95. The van der Waals surface area contributed by atoms with Crippen LogP contribution in [0.2, 0.25) is 0 Å². The normalized spacial score (nSPS) is 17.5. The fraction of sp³-hybridized carbons (Fsp3) is 0.583. The maximum atomic E-state index is 5.95. The molecule has 1 aliphatic carbocycles. The first-order valence-corrected chi connectivity index (χ1v) is 5.64. The van der Waals surface area contributed by atoms with E-state index in [1.807, 2.05) is 13.0 Å². The SMILES string of the molecule is Cc1ccnc(NC(C)CC2CC2)c1N. The maximum Gasteiger partial charge on any atom is 0.149 e. The summed E-state index contributed by atoms with van der Waals surface area (Å²) < 4.78 is 0. The van der Waals surface area contributed by atoms with Gasteiger partial charge in [0.05, 0.1) is 5.69 Å². The number of anilines is 2. The molecule has 15 heavy (non-hydrogen) atoms. The molecule has 0 saturated heterocycles. The Morgan fingerprint density at radius 3 is 3.00 bits per heavy atom.